The quantitative estimate of drug-likeness (QED) is 0.337. The first kappa shape index (κ1) is 15.4. The number of nitrogens with zero attached hydrogens (tertiary/aromatic N) is 3. The van der Waals surface area contributed by atoms with E-state index in [0.29, 0.717) is 22.8 Å². The summed E-state index contributed by atoms with van der Waals surface area (Å²) < 4.78 is 4.87. The summed E-state index contributed by atoms with van der Waals surface area (Å²) in [4.78, 5) is 30.7. The summed E-state index contributed by atoms with van der Waals surface area (Å²) in [5, 5.41) is 9.20. The monoisotopic (exact) mass is 330 g/mol. The molecule has 1 N–H and O–H groups in total. The van der Waals surface area contributed by atoms with Crippen molar-refractivity contribution >= 4 is 39.7 Å². The first-order valence-electron chi connectivity index (χ1n) is 7.04. The molecule has 0 saturated carbocycles. The van der Waals surface area contributed by atoms with E-state index in [2.05, 4.69) is 20.2 Å². The molecular weight excluding hydrogens is 316 g/mol. The van der Waals surface area contributed by atoms with Gasteiger partial charge in [0.05, 0.1) is 17.9 Å². The van der Waals surface area contributed by atoms with Gasteiger partial charge in [-0.3, -0.25) is 14.6 Å². The Morgan fingerprint density at radius 3 is 2.83 bits per heavy atom. The van der Waals surface area contributed by atoms with Crippen LogP contribution in [0.2, 0.25) is 0 Å². The van der Waals surface area contributed by atoms with Gasteiger partial charge in [-0.05, 0) is 19.4 Å². The van der Waals surface area contributed by atoms with Gasteiger partial charge < -0.3 is 4.74 Å². The van der Waals surface area contributed by atoms with Crippen molar-refractivity contribution in [3.8, 4) is 0 Å². The fraction of sp³-hybridized carbons (Fsp3) is 0.267. The van der Waals surface area contributed by atoms with Gasteiger partial charge in [-0.2, -0.15) is 0 Å². The summed E-state index contributed by atoms with van der Waals surface area (Å²) in [5.41, 5.74) is 1.95. The first-order chi connectivity index (χ1) is 11.1. The summed E-state index contributed by atoms with van der Waals surface area (Å²) in [6.45, 7) is 3.98. The van der Waals surface area contributed by atoms with E-state index in [4.69, 9.17) is 4.74 Å². The van der Waals surface area contributed by atoms with Crippen molar-refractivity contribution in [1.29, 1.82) is 0 Å². The van der Waals surface area contributed by atoms with Crippen molar-refractivity contribution in [2.45, 2.75) is 19.0 Å². The summed E-state index contributed by atoms with van der Waals surface area (Å²) >= 11 is 1.12. The maximum Gasteiger partial charge on any atom is 0.316 e. The van der Waals surface area contributed by atoms with Gasteiger partial charge in [0.1, 0.15) is 5.52 Å². The Balaban J connectivity index is 2.08. The first-order valence-corrected chi connectivity index (χ1v) is 8.03. The highest BCUT2D eigenvalue weighted by Gasteiger charge is 2.12. The molecule has 8 heteroatoms. The Kier molecular flexibility index (Phi) is 4.24. The van der Waals surface area contributed by atoms with Crippen LogP contribution >= 0.6 is 11.8 Å². The normalized spacial score (nSPS) is 11.0. The largest absolute Gasteiger partial charge is 0.465 e. The van der Waals surface area contributed by atoms with Crippen LogP contribution in [0.1, 0.15) is 12.5 Å². The smallest absolute Gasteiger partial charge is 0.316 e. The van der Waals surface area contributed by atoms with E-state index in [9.17, 15) is 9.59 Å². The van der Waals surface area contributed by atoms with Gasteiger partial charge in [-0.25, -0.2) is 4.98 Å². The molecule has 0 spiro atoms. The Hall–Kier alpha value is -2.48. The molecule has 0 aliphatic heterocycles. The molecule has 7 nitrogen and oxygen atoms in total. The number of benzene rings is 1. The van der Waals surface area contributed by atoms with Crippen molar-refractivity contribution in [3.63, 3.8) is 0 Å². The number of nitrogens with one attached hydrogen (secondary N) is 1. The summed E-state index contributed by atoms with van der Waals surface area (Å²) in [5.74, 6) is -0.272. The van der Waals surface area contributed by atoms with Crippen LogP contribution in [0, 0.1) is 6.92 Å². The van der Waals surface area contributed by atoms with E-state index in [-0.39, 0.29) is 22.8 Å². The number of fused-ring (bicyclic) bond motifs is 3. The van der Waals surface area contributed by atoms with Crippen LogP contribution in [-0.2, 0) is 9.53 Å². The molecule has 0 amide bonds. The lowest BCUT2D eigenvalue weighted by molar-refractivity contribution is -0.139. The number of ether oxygens (including phenoxy) is 1. The van der Waals surface area contributed by atoms with E-state index in [1.807, 2.05) is 25.1 Å². The predicted octanol–water partition coefficient (Wildman–Crippen LogP) is 1.83. The number of aromatic nitrogens is 4. The van der Waals surface area contributed by atoms with Gasteiger partial charge in [0, 0.05) is 5.39 Å². The summed E-state index contributed by atoms with van der Waals surface area (Å²) in [6, 6.07) is 5.66. The maximum atomic E-state index is 12.2. The van der Waals surface area contributed by atoms with Crippen molar-refractivity contribution in [2.75, 3.05) is 12.4 Å². The van der Waals surface area contributed by atoms with E-state index in [1.165, 1.54) is 0 Å². The van der Waals surface area contributed by atoms with Crippen molar-refractivity contribution in [3.05, 3.63) is 34.1 Å². The van der Waals surface area contributed by atoms with E-state index in [1.54, 1.807) is 6.92 Å². The van der Waals surface area contributed by atoms with Crippen LogP contribution in [-0.4, -0.2) is 38.5 Å². The van der Waals surface area contributed by atoms with Gasteiger partial charge in [0.2, 0.25) is 0 Å². The van der Waals surface area contributed by atoms with Crippen LogP contribution in [0.5, 0.6) is 0 Å². The topological polar surface area (TPSA) is 97.8 Å². The molecule has 118 valence electrons. The van der Waals surface area contributed by atoms with E-state index < -0.39 is 0 Å². The molecule has 0 radical (unpaired) electrons. The lowest BCUT2D eigenvalue weighted by Gasteiger charge is -2.05. The van der Waals surface area contributed by atoms with Gasteiger partial charge in [0.25, 0.3) is 5.56 Å². The second-order valence-corrected chi connectivity index (χ2v) is 5.80. The highest BCUT2D eigenvalue weighted by atomic mass is 32.2. The van der Waals surface area contributed by atoms with Crippen LogP contribution < -0.4 is 5.56 Å². The van der Waals surface area contributed by atoms with Gasteiger partial charge in [-0.15, -0.1) is 10.2 Å². The molecule has 1 aromatic carbocycles. The summed E-state index contributed by atoms with van der Waals surface area (Å²) in [6.07, 6.45) is 0. The number of H-pyrrole nitrogens is 1. The van der Waals surface area contributed by atoms with Crippen LogP contribution in [0.25, 0.3) is 21.9 Å². The van der Waals surface area contributed by atoms with Gasteiger partial charge in [-0.1, -0.05) is 30.0 Å². The number of rotatable bonds is 4. The zero-order valence-electron chi connectivity index (χ0n) is 12.6. The maximum absolute atomic E-state index is 12.2. The van der Waals surface area contributed by atoms with E-state index in [0.717, 1.165) is 22.7 Å². The van der Waals surface area contributed by atoms with Gasteiger partial charge in [0.15, 0.2) is 10.7 Å². The minimum absolute atomic E-state index is 0.0811. The second kappa shape index (κ2) is 6.33. The lowest BCUT2D eigenvalue weighted by atomic mass is 10.1. The highest BCUT2D eigenvalue weighted by molar-refractivity contribution is 7.99. The molecule has 2 aromatic heterocycles. The Bertz CT molecular complexity index is 954. The molecule has 0 aliphatic carbocycles. The van der Waals surface area contributed by atoms with Crippen molar-refractivity contribution in [1.82, 2.24) is 20.2 Å². The van der Waals surface area contributed by atoms with Gasteiger partial charge >= 0.3 is 5.97 Å². The number of aryl methyl sites for hydroxylation is 1. The summed E-state index contributed by atoms with van der Waals surface area (Å²) in [7, 11) is 0. The Labute approximate surface area is 135 Å². The zero-order chi connectivity index (χ0) is 16.4. The van der Waals surface area contributed by atoms with Crippen LogP contribution in [0.3, 0.4) is 0 Å². The number of thioether (sulfide) groups is 1. The zero-order valence-corrected chi connectivity index (χ0v) is 13.4. The number of carbonyl (C=O) groups is 1. The fourth-order valence-electron chi connectivity index (χ4n) is 2.21. The molecular formula is C15H14N4O3S. The molecule has 3 rings (SSSR count). The molecule has 0 fully saturated rings. The Morgan fingerprint density at radius 2 is 2.04 bits per heavy atom. The third kappa shape index (κ3) is 3.02. The average Bonchev–Trinajstić information content (AvgIpc) is 2.53. The highest BCUT2D eigenvalue weighted by Crippen LogP contribution is 2.22. The van der Waals surface area contributed by atoms with Crippen LogP contribution in [0.15, 0.2) is 28.2 Å². The molecule has 0 saturated heterocycles. The molecule has 0 unspecified atom stereocenters. The number of hydrogen-bond donors (Lipinski definition) is 1. The van der Waals surface area contributed by atoms with E-state index >= 15 is 0 Å². The van der Waals surface area contributed by atoms with Crippen LogP contribution in [0.4, 0.5) is 0 Å². The lowest BCUT2D eigenvalue weighted by Crippen LogP contribution is -2.13. The molecule has 0 bridgehead atoms. The minimum Gasteiger partial charge on any atom is -0.465 e. The SMILES string of the molecule is CCOC(=O)CSc1nc2c(nnc3c(C)cccc32)c(=O)[nH]1. The standard InChI is InChI=1S/C15H14N4O3S/c1-3-22-10(20)7-23-15-16-12-9-6-4-5-8(2)11(9)18-19-13(12)14(21)17-15/h4-6H,3,7H2,1-2H3,(H,16,17,21). The fourth-order valence-corrected chi connectivity index (χ4v) is 2.87. The number of hydrogen-bond acceptors (Lipinski definition) is 7. The number of aromatic amines is 1. The third-order valence-corrected chi connectivity index (χ3v) is 4.09. The Morgan fingerprint density at radius 1 is 1.26 bits per heavy atom. The number of carbonyl (C=O) groups excluding carboxylic acids is 1. The molecule has 2 heterocycles. The number of esters is 1. The molecule has 0 aliphatic rings. The molecule has 0 atom stereocenters. The average molecular weight is 330 g/mol. The second-order valence-electron chi connectivity index (χ2n) is 4.83. The predicted molar refractivity (Wildman–Crippen MR) is 87.6 cm³/mol. The molecule has 3 aromatic rings. The molecule has 23 heavy (non-hydrogen) atoms. The minimum atomic E-state index is -0.378. The van der Waals surface area contributed by atoms with Crippen molar-refractivity contribution in [2.24, 2.45) is 0 Å². The third-order valence-electron chi connectivity index (χ3n) is 3.25. The van der Waals surface area contributed by atoms with Crippen molar-refractivity contribution < 1.29 is 9.53 Å².